The lowest BCUT2D eigenvalue weighted by molar-refractivity contribution is 0.827. The number of benzene rings is 10. The Labute approximate surface area is 552 Å². The molecule has 0 saturated carbocycles. The topological polar surface area (TPSA) is 118 Å². The molecule has 0 bridgehead atoms. The molecular weight excluding hydrogens is 1190 g/mol. The van der Waals surface area contributed by atoms with Crippen molar-refractivity contribution in [2.24, 2.45) is 0 Å². The summed E-state index contributed by atoms with van der Waals surface area (Å²) in [7, 11) is 0. The van der Waals surface area contributed by atoms with Gasteiger partial charge in [-0.3, -0.25) is 39.9 Å². The van der Waals surface area contributed by atoms with E-state index in [1.165, 1.54) is 21.8 Å². The fourth-order valence-corrected chi connectivity index (χ4v) is 15.6. The first kappa shape index (κ1) is 53.4. The van der Waals surface area contributed by atoms with Crippen molar-refractivity contribution in [3.05, 3.63) is 280 Å². The van der Waals surface area contributed by atoms with Gasteiger partial charge in [0.2, 0.25) is 0 Å². The molecule has 10 aromatic carbocycles. The van der Waals surface area contributed by atoms with Crippen LogP contribution in [0.4, 0.5) is 0 Å². The van der Waals surface area contributed by atoms with Crippen molar-refractivity contribution in [1.29, 1.82) is 0 Å². The zero-order valence-corrected chi connectivity index (χ0v) is 52.2. The van der Waals surface area contributed by atoms with Gasteiger partial charge >= 0.3 is 0 Å². The van der Waals surface area contributed by atoms with E-state index in [4.69, 9.17) is 39.9 Å². The molecule has 0 atom stereocenters. The highest BCUT2D eigenvalue weighted by molar-refractivity contribution is 6.17. The maximum Gasteiger partial charge on any atom is 0.0964 e. The molecule has 0 N–H and O–H groups in total. The highest BCUT2D eigenvalue weighted by Gasteiger charge is 2.22. The molecule has 11 heterocycles. The van der Waals surface area contributed by atoms with Crippen LogP contribution in [0.25, 0.3) is 209 Å². The molecular formula is C86H51N11. The quantitative estimate of drug-likeness (QED) is 0.145. The second-order valence-corrected chi connectivity index (χ2v) is 25.5. The second kappa shape index (κ2) is 20.4. The standard InChI is InChI=1S/C86H51N11/c1-2-95-73-29-23-65(96-75-25-19-53(61-35-57-15-11-49-7-3-31-87-79(49)83(57)91-45-61)39-67(75)68-40-54(20-26-76(68)96)62-36-58-16-12-50-8-4-32-88-80(50)84(58)92-46-62)43-71(73)72-44-66(24-30-74(72)95)97-77-27-21-55(63-37-59-17-13-51-9-5-33-89-81(51)85(59)93-47-63)41-69(77)70-42-56(22-28-78(70)97)64-38-60-18-14-52-10-6-34-90-82(52)86(60)94-48-64/h3-48H,2H2,1H3. The first-order valence-corrected chi connectivity index (χ1v) is 32.8. The number of fused-ring (bicyclic) bond motifs is 21. The lowest BCUT2D eigenvalue weighted by atomic mass is 10.00. The Bertz CT molecular complexity index is 6250. The van der Waals surface area contributed by atoms with Crippen LogP contribution in [0.5, 0.6) is 0 Å². The minimum Gasteiger partial charge on any atom is -0.341 e. The minimum absolute atomic E-state index is 0.806. The fourth-order valence-electron chi connectivity index (χ4n) is 15.6. The number of nitrogens with zero attached hydrogens (tertiary/aromatic N) is 11. The fraction of sp³-hybridized carbons (Fsp3) is 0.0233. The van der Waals surface area contributed by atoms with Gasteiger partial charge in [-0.2, -0.15) is 0 Å². The molecule has 0 spiro atoms. The Morgan fingerprint density at radius 1 is 0.227 bits per heavy atom. The van der Waals surface area contributed by atoms with E-state index in [-0.39, 0.29) is 0 Å². The largest absolute Gasteiger partial charge is 0.341 e. The van der Waals surface area contributed by atoms with Crippen molar-refractivity contribution in [3.8, 4) is 55.9 Å². The predicted molar refractivity (Wildman–Crippen MR) is 398 cm³/mol. The molecule has 11 nitrogen and oxygen atoms in total. The van der Waals surface area contributed by atoms with Crippen LogP contribution in [0.2, 0.25) is 0 Å². The molecule has 21 rings (SSSR count). The predicted octanol–water partition coefficient (Wildman–Crippen LogP) is 21.1. The summed E-state index contributed by atoms with van der Waals surface area (Å²) in [6.07, 6.45) is 15.3. The maximum atomic E-state index is 5.06. The Kier molecular flexibility index (Phi) is 11.3. The summed E-state index contributed by atoms with van der Waals surface area (Å²) < 4.78 is 7.34. The summed E-state index contributed by atoms with van der Waals surface area (Å²) in [6, 6.07) is 83.9. The third-order valence-electron chi connectivity index (χ3n) is 20.2. The van der Waals surface area contributed by atoms with Crippen LogP contribution >= 0.6 is 0 Å². The molecule has 0 unspecified atom stereocenters. The average molecular weight is 1240 g/mol. The lowest BCUT2D eigenvalue weighted by Gasteiger charge is -2.11. The molecule has 0 aliphatic heterocycles. The normalized spacial score (nSPS) is 12.2. The van der Waals surface area contributed by atoms with E-state index in [0.29, 0.717) is 0 Å². The molecule has 0 fully saturated rings. The SMILES string of the molecule is CCn1c2ccc(-n3c4ccc(-c5cnc6c(ccc7cccnc76)c5)cc4c4cc(-c5cnc6c(ccc7cccnc76)c5)ccc43)cc2c2cc(-n3c4ccc(-c5cnc6c(ccc7cccnc76)c5)cc4c4cc(-c5cnc6c(ccc7cccnc76)c5)ccc43)ccc21. The Morgan fingerprint density at radius 3 is 0.773 bits per heavy atom. The molecule has 0 aliphatic rings. The van der Waals surface area contributed by atoms with Crippen molar-refractivity contribution in [2.75, 3.05) is 0 Å². The molecule has 21 aromatic rings. The van der Waals surface area contributed by atoms with Crippen LogP contribution in [-0.2, 0) is 6.54 Å². The third-order valence-corrected chi connectivity index (χ3v) is 20.2. The first-order valence-electron chi connectivity index (χ1n) is 32.8. The van der Waals surface area contributed by atoms with Gasteiger partial charge in [-0.05, 0) is 163 Å². The second-order valence-electron chi connectivity index (χ2n) is 25.5. The average Bonchev–Trinajstić information content (AvgIpc) is 1.60. The molecule has 11 aromatic heterocycles. The van der Waals surface area contributed by atoms with Gasteiger partial charge in [0.15, 0.2) is 0 Å². The summed E-state index contributed by atoms with van der Waals surface area (Å²) in [5, 5.41) is 15.4. The van der Waals surface area contributed by atoms with E-state index in [2.05, 4.69) is 227 Å². The number of aryl methyl sites for hydroxylation is 1. The smallest absolute Gasteiger partial charge is 0.0964 e. The Balaban J connectivity index is 0.739. The first-order chi connectivity index (χ1) is 48.0. The molecule has 97 heavy (non-hydrogen) atoms. The molecule has 450 valence electrons. The van der Waals surface area contributed by atoms with E-state index >= 15 is 0 Å². The zero-order valence-electron chi connectivity index (χ0n) is 52.2. The van der Waals surface area contributed by atoms with Gasteiger partial charge in [-0.25, -0.2) is 0 Å². The van der Waals surface area contributed by atoms with Gasteiger partial charge in [-0.1, -0.05) is 97.1 Å². The molecule has 0 saturated heterocycles. The van der Waals surface area contributed by atoms with Gasteiger partial charge in [0, 0.05) is 176 Å². The summed E-state index contributed by atoms with van der Waals surface area (Å²) in [6.45, 7) is 3.05. The van der Waals surface area contributed by atoms with Crippen LogP contribution in [0.3, 0.4) is 0 Å². The zero-order chi connectivity index (χ0) is 63.6. The Hall–Kier alpha value is -13.1. The number of hydrogen-bond donors (Lipinski definition) is 0. The van der Waals surface area contributed by atoms with Crippen molar-refractivity contribution < 1.29 is 0 Å². The van der Waals surface area contributed by atoms with Gasteiger partial charge < -0.3 is 13.7 Å². The summed E-state index contributed by atoms with van der Waals surface area (Å²) in [5.74, 6) is 0. The van der Waals surface area contributed by atoms with E-state index in [1.807, 2.05) is 73.8 Å². The van der Waals surface area contributed by atoms with E-state index in [0.717, 1.165) is 193 Å². The van der Waals surface area contributed by atoms with Crippen molar-refractivity contribution in [3.63, 3.8) is 0 Å². The molecule has 0 amide bonds. The summed E-state index contributed by atoms with van der Waals surface area (Å²) in [4.78, 5) is 39.2. The van der Waals surface area contributed by atoms with Gasteiger partial charge in [0.25, 0.3) is 0 Å². The van der Waals surface area contributed by atoms with Crippen molar-refractivity contribution >= 4 is 153 Å². The molecule has 0 radical (unpaired) electrons. The summed E-state index contributed by atoms with van der Waals surface area (Å²) >= 11 is 0. The monoisotopic (exact) mass is 1240 g/mol. The van der Waals surface area contributed by atoms with Crippen LogP contribution in [-0.4, -0.2) is 53.6 Å². The molecule has 11 heteroatoms. The van der Waals surface area contributed by atoms with E-state index in [9.17, 15) is 0 Å². The highest BCUT2D eigenvalue weighted by Crippen LogP contribution is 2.44. The lowest BCUT2D eigenvalue weighted by Crippen LogP contribution is -1.96. The van der Waals surface area contributed by atoms with Gasteiger partial charge in [-0.15, -0.1) is 0 Å². The van der Waals surface area contributed by atoms with Crippen LogP contribution in [0.1, 0.15) is 6.92 Å². The van der Waals surface area contributed by atoms with Gasteiger partial charge in [0.1, 0.15) is 0 Å². The maximum absolute atomic E-state index is 5.06. The Morgan fingerprint density at radius 2 is 0.485 bits per heavy atom. The van der Waals surface area contributed by atoms with Crippen molar-refractivity contribution in [1.82, 2.24) is 53.6 Å². The third kappa shape index (κ3) is 8.09. The highest BCUT2D eigenvalue weighted by atomic mass is 15.0. The summed E-state index contributed by atoms with van der Waals surface area (Å²) in [5.41, 5.74) is 24.6. The van der Waals surface area contributed by atoms with Crippen molar-refractivity contribution in [2.45, 2.75) is 13.5 Å². The minimum atomic E-state index is 0.806. The van der Waals surface area contributed by atoms with E-state index < -0.39 is 0 Å². The number of hydrogen-bond acceptors (Lipinski definition) is 8. The van der Waals surface area contributed by atoms with Crippen LogP contribution in [0, 0.1) is 0 Å². The molecule has 0 aliphatic carbocycles. The van der Waals surface area contributed by atoms with Crippen LogP contribution < -0.4 is 0 Å². The van der Waals surface area contributed by atoms with Crippen LogP contribution in [0.15, 0.2) is 280 Å². The number of rotatable bonds is 7. The van der Waals surface area contributed by atoms with Gasteiger partial charge in [0.05, 0.1) is 66.2 Å². The number of pyridine rings is 8. The van der Waals surface area contributed by atoms with E-state index in [1.54, 1.807) is 0 Å². The number of aromatic nitrogens is 11.